The SMILES string of the molecule is C/C=C/CCC1CC=C(c2ccc(-c3ccc(-c4ccc(C)c(F)c4F)cc3)c(F)c2F)CC1. The van der Waals surface area contributed by atoms with Gasteiger partial charge in [0, 0.05) is 16.7 Å². The van der Waals surface area contributed by atoms with Crippen molar-refractivity contribution in [3.05, 3.63) is 101 Å². The molecule has 1 aliphatic carbocycles. The van der Waals surface area contributed by atoms with Gasteiger partial charge in [-0.05, 0) is 74.1 Å². The topological polar surface area (TPSA) is 0 Å². The number of allylic oxidation sites excluding steroid dienone is 4. The molecule has 0 saturated carbocycles. The van der Waals surface area contributed by atoms with Crippen LogP contribution in [0.3, 0.4) is 0 Å². The Labute approximate surface area is 198 Å². The Morgan fingerprint density at radius 2 is 1.32 bits per heavy atom. The smallest absolute Gasteiger partial charge is 0.167 e. The van der Waals surface area contributed by atoms with Gasteiger partial charge >= 0.3 is 0 Å². The van der Waals surface area contributed by atoms with E-state index in [0.717, 1.165) is 37.7 Å². The fraction of sp³-hybridized carbons (Fsp3) is 0.267. The first-order valence-electron chi connectivity index (χ1n) is 11.7. The van der Waals surface area contributed by atoms with E-state index in [-0.39, 0.29) is 16.7 Å². The molecule has 34 heavy (non-hydrogen) atoms. The first-order valence-corrected chi connectivity index (χ1v) is 11.7. The van der Waals surface area contributed by atoms with Crippen molar-refractivity contribution in [1.29, 1.82) is 0 Å². The fourth-order valence-electron chi connectivity index (χ4n) is 4.61. The third kappa shape index (κ3) is 4.86. The standard InChI is InChI=1S/C30H28F4/c1-3-4-5-6-20-8-10-21(11-9-20)25-17-18-26(30(34)29(25)33)23-14-12-22(13-15-23)24-16-7-19(2)27(31)28(24)32/h3-4,7,10,12-18,20H,5-6,8-9,11H2,1-2H3/b4-3+. The monoisotopic (exact) mass is 464 g/mol. The van der Waals surface area contributed by atoms with Crippen LogP contribution in [0.4, 0.5) is 17.6 Å². The summed E-state index contributed by atoms with van der Waals surface area (Å²) in [6.07, 6.45) is 11.0. The Morgan fingerprint density at radius 1 is 0.765 bits per heavy atom. The minimum atomic E-state index is -0.917. The van der Waals surface area contributed by atoms with Crippen LogP contribution in [0.5, 0.6) is 0 Å². The number of benzene rings is 3. The van der Waals surface area contributed by atoms with Crippen LogP contribution in [-0.2, 0) is 0 Å². The fourth-order valence-corrected chi connectivity index (χ4v) is 4.61. The number of aryl methyl sites for hydroxylation is 1. The van der Waals surface area contributed by atoms with Gasteiger partial charge in [0.2, 0.25) is 0 Å². The van der Waals surface area contributed by atoms with E-state index in [1.165, 1.54) is 19.1 Å². The maximum Gasteiger partial charge on any atom is 0.167 e. The van der Waals surface area contributed by atoms with E-state index in [1.54, 1.807) is 36.4 Å². The van der Waals surface area contributed by atoms with E-state index in [9.17, 15) is 8.78 Å². The second-order valence-corrected chi connectivity index (χ2v) is 8.94. The van der Waals surface area contributed by atoms with Gasteiger partial charge in [0.1, 0.15) is 0 Å². The van der Waals surface area contributed by atoms with Crippen molar-refractivity contribution in [2.75, 3.05) is 0 Å². The average molecular weight is 465 g/mol. The summed E-state index contributed by atoms with van der Waals surface area (Å²) in [7, 11) is 0. The van der Waals surface area contributed by atoms with E-state index in [4.69, 9.17) is 0 Å². The molecular formula is C30H28F4. The summed E-state index contributed by atoms with van der Waals surface area (Å²) in [5.74, 6) is -2.95. The normalized spacial score (nSPS) is 16.2. The molecule has 0 bridgehead atoms. The van der Waals surface area contributed by atoms with Gasteiger partial charge in [-0.3, -0.25) is 0 Å². The largest absolute Gasteiger partial charge is 0.203 e. The van der Waals surface area contributed by atoms with Crippen molar-refractivity contribution in [1.82, 2.24) is 0 Å². The minimum absolute atomic E-state index is 0.130. The van der Waals surface area contributed by atoms with Gasteiger partial charge in [-0.15, -0.1) is 0 Å². The summed E-state index contributed by atoms with van der Waals surface area (Å²) >= 11 is 0. The molecule has 0 heterocycles. The molecule has 0 fully saturated rings. The molecule has 0 amide bonds. The molecule has 0 radical (unpaired) electrons. The van der Waals surface area contributed by atoms with Crippen LogP contribution in [0.15, 0.2) is 66.8 Å². The molecule has 4 heteroatoms. The summed E-state index contributed by atoms with van der Waals surface area (Å²) in [5, 5.41) is 0. The predicted molar refractivity (Wildman–Crippen MR) is 131 cm³/mol. The lowest BCUT2D eigenvalue weighted by Gasteiger charge is -2.22. The van der Waals surface area contributed by atoms with Crippen LogP contribution >= 0.6 is 0 Å². The average Bonchev–Trinajstić information content (AvgIpc) is 2.85. The summed E-state index contributed by atoms with van der Waals surface area (Å²) in [6, 6.07) is 12.6. The molecule has 176 valence electrons. The molecular weight excluding hydrogens is 436 g/mol. The number of halogens is 4. The highest BCUT2D eigenvalue weighted by molar-refractivity contribution is 5.74. The zero-order valence-corrected chi connectivity index (χ0v) is 19.5. The minimum Gasteiger partial charge on any atom is -0.203 e. The van der Waals surface area contributed by atoms with Crippen LogP contribution < -0.4 is 0 Å². The lowest BCUT2D eigenvalue weighted by atomic mass is 9.83. The van der Waals surface area contributed by atoms with Crippen LogP contribution in [-0.4, -0.2) is 0 Å². The molecule has 0 saturated heterocycles. The maximum atomic E-state index is 15.1. The van der Waals surface area contributed by atoms with E-state index in [2.05, 4.69) is 12.2 Å². The zero-order chi connectivity index (χ0) is 24.2. The van der Waals surface area contributed by atoms with Gasteiger partial charge in [-0.1, -0.05) is 66.8 Å². The Hall–Kier alpha value is -3.14. The first kappa shape index (κ1) is 24.0. The van der Waals surface area contributed by atoms with Gasteiger partial charge in [0.25, 0.3) is 0 Å². The van der Waals surface area contributed by atoms with Gasteiger partial charge in [0.15, 0.2) is 23.3 Å². The molecule has 1 unspecified atom stereocenters. The van der Waals surface area contributed by atoms with Gasteiger partial charge < -0.3 is 0 Å². The van der Waals surface area contributed by atoms with Crippen LogP contribution in [0, 0.1) is 36.1 Å². The van der Waals surface area contributed by atoms with Gasteiger partial charge in [0.05, 0.1) is 0 Å². The molecule has 3 aromatic rings. The highest BCUT2D eigenvalue weighted by Crippen LogP contribution is 2.37. The second-order valence-electron chi connectivity index (χ2n) is 8.94. The molecule has 3 aromatic carbocycles. The number of hydrogen-bond acceptors (Lipinski definition) is 0. The second kappa shape index (κ2) is 10.4. The third-order valence-corrected chi connectivity index (χ3v) is 6.71. The van der Waals surface area contributed by atoms with Crippen molar-refractivity contribution in [2.45, 2.75) is 46.0 Å². The zero-order valence-electron chi connectivity index (χ0n) is 19.5. The van der Waals surface area contributed by atoms with E-state index in [1.807, 2.05) is 13.0 Å². The maximum absolute atomic E-state index is 15.1. The van der Waals surface area contributed by atoms with Gasteiger partial charge in [-0.25, -0.2) is 17.6 Å². The van der Waals surface area contributed by atoms with Crippen molar-refractivity contribution in [3.63, 3.8) is 0 Å². The molecule has 0 N–H and O–H groups in total. The molecule has 0 aliphatic heterocycles. The molecule has 4 rings (SSSR count). The lowest BCUT2D eigenvalue weighted by molar-refractivity contribution is 0.452. The molecule has 0 spiro atoms. The van der Waals surface area contributed by atoms with Crippen molar-refractivity contribution < 1.29 is 17.6 Å². The first-order chi connectivity index (χ1) is 16.4. The third-order valence-electron chi connectivity index (χ3n) is 6.71. The summed E-state index contributed by atoms with van der Waals surface area (Å²) < 4.78 is 58.3. The van der Waals surface area contributed by atoms with Crippen LogP contribution in [0.25, 0.3) is 27.8 Å². The molecule has 0 nitrogen and oxygen atoms in total. The highest BCUT2D eigenvalue weighted by Gasteiger charge is 2.21. The Morgan fingerprint density at radius 3 is 1.91 bits per heavy atom. The van der Waals surface area contributed by atoms with Gasteiger partial charge in [-0.2, -0.15) is 0 Å². The van der Waals surface area contributed by atoms with Crippen molar-refractivity contribution in [3.8, 4) is 22.3 Å². The summed E-state index contributed by atoms with van der Waals surface area (Å²) in [4.78, 5) is 0. The Kier molecular flexibility index (Phi) is 7.35. The highest BCUT2D eigenvalue weighted by atomic mass is 19.2. The van der Waals surface area contributed by atoms with Crippen molar-refractivity contribution >= 4 is 5.57 Å². The Balaban J connectivity index is 1.55. The molecule has 1 atom stereocenters. The number of rotatable bonds is 6. The Bertz CT molecular complexity index is 1240. The molecule has 0 aromatic heterocycles. The lowest BCUT2D eigenvalue weighted by Crippen LogP contribution is -2.07. The summed E-state index contributed by atoms with van der Waals surface area (Å²) in [5.41, 5.74) is 2.62. The van der Waals surface area contributed by atoms with E-state index < -0.39 is 23.3 Å². The summed E-state index contributed by atoms with van der Waals surface area (Å²) in [6.45, 7) is 3.51. The number of hydrogen-bond donors (Lipinski definition) is 0. The van der Waals surface area contributed by atoms with E-state index >= 15 is 8.78 Å². The van der Waals surface area contributed by atoms with E-state index in [0.29, 0.717) is 22.6 Å². The predicted octanol–water partition coefficient (Wildman–Crippen LogP) is 9.43. The molecule has 1 aliphatic rings. The van der Waals surface area contributed by atoms with Crippen LogP contribution in [0.2, 0.25) is 0 Å². The van der Waals surface area contributed by atoms with Crippen LogP contribution in [0.1, 0.15) is 50.2 Å². The quantitative estimate of drug-likeness (QED) is 0.252. The van der Waals surface area contributed by atoms with Crippen molar-refractivity contribution in [2.24, 2.45) is 5.92 Å².